The first-order valence-electron chi connectivity index (χ1n) is 7.35. The number of rotatable bonds is 4. The highest BCUT2D eigenvalue weighted by Crippen LogP contribution is 2.44. The molecule has 0 aromatic heterocycles. The Labute approximate surface area is 120 Å². The van der Waals surface area contributed by atoms with E-state index in [1.165, 1.54) is 0 Å². The van der Waals surface area contributed by atoms with Gasteiger partial charge in [-0.2, -0.15) is 0 Å². The number of carbonyl (C=O) groups is 2. The quantitative estimate of drug-likeness (QED) is 0.802. The van der Waals surface area contributed by atoms with E-state index in [9.17, 15) is 14.7 Å². The fraction of sp³-hybridized carbons (Fsp3) is 0.733. The van der Waals surface area contributed by atoms with E-state index < -0.39 is 6.09 Å². The summed E-state index contributed by atoms with van der Waals surface area (Å²) in [6.45, 7) is 2.05. The number of nitrogens with zero attached hydrogens (tertiary/aromatic N) is 2. The summed E-state index contributed by atoms with van der Waals surface area (Å²) in [5, 5.41) is 9.35. The van der Waals surface area contributed by atoms with Crippen molar-refractivity contribution in [1.29, 1.82) is 0 Å². The minimum Gasteiger partial charge on any atom is -0.465 e. The summed E-state index contributed by atoms with van der Waals surface area (Å²) in [4.78, 5) is 27.2. The van der Waals surface area contributed by atoms with Gasteiger partial charge in [-0.25, -0.2) is 4.79 Å². The Morgan fingerprint density at radius 2 is 2.05 bits per heavy atom. The van der Waals surface area contributed by atoms with Crippen LogP contribution < -0.4 is 0 Å². The second-order valence-electron chi connectivity index (χ2n) is 6.08. The molecule has 0 saturated carbocycles. The summed E-state index contributed by atoms with van der Waals surface area (Å²) in [6, 6.07) is 0.0555. The first-order valence-corrected chi connectivity index (χ1v) is 7.35. The predicted octanol–water partition coefficient (Wildman–Crippen LogP) is 2.19. The van der Waals surface area contributed by atoms with E-state index in [-0.39, 0.29) is 29.7 Å². The highest BCUT2D eigenvalue weighted by Gasteiger charge is 2.50. The van der Waals surface area contributed by atoms with Gasteiger partial charge in [-0.1, -0.05) is 13.3 Å². The lowest BCUT2D eigenvalue weighted by Gasteiger charge is -2.42. The van der Waals surface area contributed by atoms with Crippen LogP contribution in [0, 0.1) is 11.8 Å². The number of amides is 1. The van der Waals surface area contributed by atoms with Gasteiger partial charge in [0.25, 0.3) is 0 Å². The molecule has 2 heterocycles. The number of piperidine rings is 1. The molecule has 1 amide bonds. The molecule has 2 saturated heterocycles. The van der Waals surface area contributed by atoms with Crippen LogP contribution in [0.1, 0.15) is 32.6 Å². The second-order valence-corrected chi connectivity index (χ2v) is 6.08. The maximum absolute atomic E-state index is 12.4. The Balaban J connectivity index is 2.17. The van der Waals surface area contributed by atoms with Gasteiger partial charge in [0.2, 0.25) is 0 Å². The molecule has 5 nitrogen and oxygen atoms in total. The topological polar surface area (TPSA) is 60.9 Å². The molecule has 20 heavy (non-hydrogen) atoms. The fourth-order valence-corrected chi connectivity index (χ4v) is 3.83. The normalized spacial score (nSPS) is 32.6. The van der Waals surface area contributed by atoms with E-state index >= 15 is 0 Å². The molecule has 0 aromatic rings. The van der Waals surface area contributed by atoms with Gasteiger partial charge >= 0.3 is 6.09 Å². The molecule has 2 rings (SSSR count). The number of carboxylic acid groups (broad SMARTS) is 1. The monoisotopic (exact) mass is 280 g/mol. The largest absolute Gasteiger partial charge is 0.465 e. The van der Waals surface area contributed by atoms with Crippen LogP contribution in [0.2, 0.25) is 0 Å². The summed E-state index contributed by atoms with van der Waals surface area (Å²) in [5.74, 6) is 0.279. The Bertz CT molecular complexity index is 419. The standard InChI is InChI=1S/C15H24N2O3/c1-4-11-12(14(18)7-8-16(2)3)9-10-5-6-13(11)17(10)15(19)20/h7-8,10-13H,4-6,9H2,1-3H3,(H,19,20). The smallest absolute Gasteiger partial charge is 0.407 e. The molecule has 2 aliphatic heterocycles. The molecule has 0 radical (unpaired) electrons. The third kappa shape index (κ3) is 2.67. The molecule has 0 spiro atoms. The molecule has 0 aromatic carbocycles. The maximum Gasteiger partial charge on any atom is 0.407 e. The van der Waals surface area contributed by atoms with Crippen LogP contribution in [-0.2, 0) is 4.79 Å². The fourth-order valence-electron chi connectivity index (χ4n) is 3.83. The van der Waals surface area contributed by atoms with Crippen LogP contribution in [0.15, 0.2) is 12.3 Å². The van der Waals surface area contributed by atoms with E-state index in [0.717, 1.165) is 19.3 Å². The SMILES string of the molecule is CCC1C(C(=O)C=CN(C)C)CC2CCC1N2C(=O)O. The molecule has 112 valence electrons. The van der Waals surface area contributed by atoms with Crippen LogP contribution in [-0.4, -0.2) is 53.0 Å². The lowest BCUT2D eigenvalue weighted by Crippen LogP contribution is -2.52. The van der Waals surface area contributed by atoms with Gasteiger partial charge in [0.15, 0.2) is 5.78 Å². The minimum absolute atomic E-state index is 0.0238. The first kappa shape index (κ1) is 14.9. The maximum atomic E-state index is 12.4. The van der Waals surface area contributed by atoms with Crippen LogP contribution in [0.4, 0.5) is 4.79 Å². The number of fused-ring (bicyclic) bond motifs is 2. The summed E-state index contributed by atoms with van der Waals surface area (Å²) in [5.41, 5.74) is 0. The molecular weight excluding hydrogens is 256 g/mol. The van der Waals surface area contributed by atoms with E-state index in [2.05, 4.69) is 6.92 Å². The van der Waals surface area contributed by atoms with Gasteiger partial charge in [0.1, 0.15) is 0 Å². The summed E-state index contributed by atoms with van der Waals surface area (Å²) in [6.07, 6.45) is 5.92. The van der Waals surface area contributed by atoms with Crippen LogP contribution in [0.25, 0.3) is 0 Å². The zero-order valence-electron chi connectivity index (χ0n) is 12.5. The van der Waals surface area contributed by atoms with E-state index in [4.69, 9.17) is 0 Å². The van der Waals surface area contributed by atoms with Crippen molar-refractivity contribution in [2.24, 2.45) is 11.8 Å². The van der Waals surface area contributed by atoms with Crippen molar-refractivity contribution in [3.8, 4) is 0 Å². The van der Waals surface area contributed by atoms with Crippen molar-refractivity contribution in [2.45, 2.75) is 44.7 Å². The van der Waals surface area contributed by atoms with E-state index in [1.807, 2.05) is 19.0 Å². The number of ketones is 1. The van der Waals surface area contributed by atoms with Crippen LogP contribution in [0.3, 0.4) is 0 Å². The zero-order chi connectivity index (χ0) is 14.9. The molecule has 0 aliphatic carbocycles. The van der Waals surface area contributed by atoms with Gasteiger partial charge in [-0.05, 0) is 31.3 Å². The Morgan fingerprint density at radius 3 is 2.60 bits per heavy atom. The predicted molar refractivity (Wildman–Crippen MR) is 76.4 cm³/mol. The molecule has 1 N–H and O–H groups in total. The molecule has 2 fully saturated rings. The lowest BCUT2D eigenvalue weighted by atomic mass is 9.76. The summed E-state index contributed by atoms with van der Waals surface area (Å²) < 4.78 is 0. The van der Waals surface area contributed by atoms with Gasteiger partial charge in [0, 0.05) is 38.3 Å². The molecule has 5 heteroatoms. The second kappa shape index (κ2) is 5.85. The molecule has 4 unspecified atom stereocenters. The van der Waals surface area contributed by atoms with Crippen LogP contribution in [0.5, 0.6) is 0 Å². The zero-order valence-corrected chi connectivity index (χ0v) is 12.5. The molecule has 4 atom stereocenters. The number of carbonyl (C=O) groups excluding carboxylic acids is 1. The highest BCUT2D eigenvalue weighted by atomic mass is 16.4. The van der Waals surface area contributed by atoms with Crippen molar-refractivity contribution < 1.29 is 14.7 Å². The van der Waals surface area contributed by atoms with Gasteiger partial charge in [-0.15, -0.1) is 0 Å². The Hall–Kier alpha value is -1.52. The average Bonchev–Trinajstić information content (AvgIpc) is 2.71. The van der Waals surface area contributed by atoms with E-state index in [0.29, 0.717) is 6.42 Å². The average molecular weight is 280 g/mol. The van der Waals surface area contributed by atoms with Gasteiger partial charge < -0.3 is 14.9 Å². The van der Waals surface area contributed by atoms with Gasteiger partial charge in [-0.3, -0.25) is 4.79 Å². The number of hydrogen-bond donors (Lipinski definition) is 1. The van der Waals surface area contributed by atoms with Crippen LogP contribution >= 0.6 is 0 Å². The van der Waals surface area contributed by atoms with Gasteiger partial charge in [0.05, 0.1) is 0 Å². The number of hydrogen-bond acceptors (Lipinski definition) is 3. The lowest BCUT2D eigenvalue weighted by molar-refractivity contribution is -0.123. The Kier molecular flexibility index (Phi) is 4.35. The van der Waals surface area contributed by atoms with Crippen molar-refractivity contribution in [3.63, 3.8) is 0 Å². The van der Waals surface area contributed by atoms with E-state index in [1.54, 1.807) is 17.2 Å². The molecule has 2 bridgehead atoms. The molecular formula is C15H24N2O3. The minimum atomic E-state index is -0.828. The third-order valence-electron chi connectivity index (χ3n) is 4.68. The summed E-state index contributed by atoms with van der Waals surface area (Å²) >= 11 is 0. The van der Waals surface area contributed by atoms with Crippen molar-refractivity contribution in [1.82, 2.24) is 9.80 Å². The molecule has 2 aliphatic rings. The van der Waals surface area contributed by atoms with Crippen molar-refractivity contribution in [3.05, 3.63) is 12.3 Å². The van der Waals surface area contributed by atoms with Crippen molar-refractivity contribution >= 4 is 11.9 Å². The first-order chi connectivity index (χ1) is 9.45. The van der Waals surface area contributed by atoms with Crippen molar-refractivity contribution in [2.75, 3.05) is 14.1 Å². The third-order valence-corrected chi connectivity index (χ3v) is 4.68. The summed E-state index contributed by atoms with van der Waals surface area (Å²) in [7, 11) is 3.77. The number of allylic oxidation sites excluding steroid dienone is 1. The highest BCUT2D eigenvalue weighted by molar-refractivity contribution is 5.92. The Morgan fingerprint density at radius 1 is 1.35 bits per heavy atom.